The molecule has 0 radical (unpaired) electrons. The van der Waals surface area contributed by atoms with Gasteiger partial charge in [-0.3, -0.25) is 4.98 Å². The van der Waals surface area contributed by atoms with Crippen LogP contribution in [-0.2, 0) is 4.74 Å². The Morgan fingerprint density at radius 2 is 1.85 bits per heavy atom. The van der Waals surface area contributed by atoms with Crippen molar-refractivity contribution in [2.45, 2.75) is 33.2 Å². The molecule has 1 fully saturated rings. The molecule has 9 nitrogen and oxygen atoms in total. The highest BCUT2D eigenvalue weighted by Gasteiger charge is 2.23. The quantitative estimate of drug-likeness (QED) is 0.332. The van der Waals surface area contributed by atoms with Crippen LogP contribution >= 0.6 is 0 Å². The van der Waals surface area contributed by atoms with Gasteiger partial charge in [0.25, 0.3) is 0 Å². The van der Waals surface area contributed by atoms with E-state index in [2.05, 4.69) is 37.4 Å². The van der Waals surface area contributed by atoms with Gasteiger partial charge >= 0.3 is 6.03 Å². The number of rotatable bonds is 5. The Bertz CT molecular complexity index is 1580. The number of nitrogens with one attached hydrogen (secondary N) is 2. The molecule has 9 heteroatoms. The second-order valence-electron chi connectivity index (χ2n) is 10.2. The monoisotopic (exact) mass is 536 g/mol. The third-order valence-electron chi connectivity index (χ3n) is 6.42. The van der Waals surface area contributed by atoms with E-state index in [9.17, 15) is 4.79 Å². The lowest BCUT2D eigenvalue weighted by molar-refractivity contribution is 0.0521. The first kappa shape index (κ1) is 26.9. The number of amides is 2. The number of hydrogen-bond acceptors (Lipinski definition) is 7. The van der Waals surface area contributed by atoms with E-state index in [1.54, 1.807) is 11.1 Å². The minimum atomic E-state index is -0.714. The summed E-state index contributed by atoms with van der Waals surface area (Å²) in [5, 5.41) is 7.26. The second kappa shape index (κ2) is 11.6. The van der Waals surface area contributed by atoms with Gasteiger partial charge in [-0.25, -0.2) is 14.8 Å². The van der Waals surface area contributed by atoms with Crippen LogP contribution in [-0.4, -0.2) is 57.7 Å². The first-order valence-electron chi connectivity index (χ1n) is 13.2. The summed E-state index contributed by atoms with van der Waals surface area (Å²) in [6.07, 6.45) is 3.25. The fourth-order valence-electron chi connectivity index (χ4n) is 4.23. The summed E-state index contributed by atoms with van der Waals surface area (Å²) in [6, 6.07) is 15.4. The zero-order valence-corrected chi connectivity index (χ0v) is 23.1. The average molecular weight is 537 g/mol. The van der Waals surface area contributed by atoms with Crippen LogP contribution in [0.25, 0.3) is 10.9 Å². The van der Waals surface area contributed by atoms with Crippen molar-refractivity contribution in [1.29, 1.82) is 0 Å². The minimum Gasteiger partial charge on any atom is -0.455 e. The normalized spacial score (nSPS) is 13.3. The molecule has 0 atom stereocenters. The van der Waals surface area contributed by atoms with E-state index < -0.39 is 5.54 Å². The van der Waals surface area contributed by atoms with Crippen molar-refractivity contribution in [3.8, 4) is 23.3 Å². The largest absolute Gasteiger partial charge is 0.455 e. The highest BCUT2D eigenvalue weighted by atomic mass is 16.5. The zero-order chi connectivity index (χ0) is 28.1. The summed E-state index contributed by atoms with van der Waals surface area (Å²) in [7, 11) is 0. The number of benzene rings is 2. The van der Waals surface area contributed by atoms with Crippen molar-refractivity contribution in [2.75, 3.05) is 31.6 Å². The number of carbonyl (C=O) groups is 1. The van der Waals surface area contributed by atoms with E-state index in [4.69, 9.17) is 9.47 Å². The van der Waals surface area contributed by atoms with Gasteiger partial charge in [0.15, 0.2) is 0 Å². The Balaban J connectivity index is 1.32. The smallest absolute Gasteiger partial charge is 0.318 e. The first-order chi connectivity index (χ1) is 19.3. The van der Waals surface area contributed by atoms with E-state index >= 15 is 0 Å². The van der Waals surface area contributed by atoms with Gasteiger partial charge in [0.2, 0.25) is 0 Å². The van der Waals surface area contributed by atoms with Crippen LogP contribution in [0.3, 0.4) is 0 Å². The number of anilines is 2. The molecule has 2 amide bonds. The predicted octanol–water partition coefficient (Wildman–Crippen LogP) is 5.35. The second-order valence-corrected chi connectivity index (χ2v) is 10.2. The molecule has 0 saturated carbocycles. The van der Waals surface area contributed by atoms with Gasteiger partial charge in [0.05, 0.1) is 30.5 Å². The molecule has 1 aliphatic rings. The molecule has 2 N–H and O–H groups in total. The van der Waals surface area contributed by atoms with Crippen LogP contribution in [0.15, 0.2) is 61.1 Å². The lowest BCUT2D eigenvalue weighted by atomic mass is 10.0. The molecule has 1 aliphatic heterocycles. The van der Waals surface area contributed by atoms with Gasteiger partial charge in [0, 0.05) is 35.4 Å². The number of ether oxygens (including phenoxy) is 2. The van der Waals surface area contributed by atoms with Gasteiger partial charge in [-0.05, 0) is 81.8 Å². The third kappa shape index (κ3) is 6.65. The summed E-state index contributed by atoms with van der Waals surface area (Å²) in [6.45, 7) is 9.98. The number of aromatic nitrogens is 3. The maximum Gasteiger partial charge on any atom is 0.318 e. The maximum absolute atomic E-state index is 12.6. The van der Waals surface area contributed by atoms with Gasteiger partial charge in [-0.1, -0.05) is 11.8 Å². The molecule has 0 aliphatic carbocycles. The molecule has 2 aromatic heterocycles. The van der Waals surface area contributed by atoms with E-state index in [1.165, 1.54) is 6.33 Å². The number of pyridine rings is 1. The van der Waals surface area contributed by atoms with E-state index in [0.29, 0.717) is 37.9 Å². The predicted molar refractivity (Wildman–Crippen MR) is 155 cm³/mol. The topological polar surface area (TPSA) is 102 Å². The van der Waals surface area contributed by atoms with Crippen LogP contribution in [0, 0.1) is 25.7 Å². The molecule has 3 heterocycles. The van der Waals surface area contributed by atoms with Crippen molar-refractivity contribution in [2.24, 2.45) is 0 Å². The Hall–Kier alpha value is -4.68. The molecular weight excluding hydrogens is 504 g/mol. The number of morpholine rings is 1. The fourth-order valence-corrected chi connectivity index (χ4v) is 4.23. The minimum absolute atomic E-state index is 0.136. The summed E-state index contributed by atoms with van der Waals surface area (Å²) in [4.78, 5) is 27.6. The molecule has 5 rings (SSSR count). The number of aryl methyl sites for hydroxylation is 2. The van der Waals surface area contributed by atoms with Gasteiger partial charge in [-0.2, -0.15) is 0 Å². The molecule has 2 aromatic carbocycles. The number of fused-ring (bicyclic) bond motifs is 1. The van der Waals surface area contributed by atoms with E-state index in [-0.39, 0.29) is 6.03 Å². The van der Waals surface area contributed by atoms with Crippen molar-refractivity contribution >= 4 is 28.4 Å². The number of carbonyl (C=O) groups excluding carboxylic acids is 1. The fraction of sp³-hybridized carbons (Fsp3) is 0.290. The maximum atomic E-state index is 12.6. The van der Waals surface area contributed by atoms with Crippen molar-refractivity contribution in [3.05, 3.63) is 77.9 Å². The van der Waals surface area contributed by atoms with E-state index in [1.807, 2.05) is 76.2 Å². The van der Waals surface area contributed by atoms with Gasteiger partial charge in [0.1, 0.15) is 23.6 Å². The summed E-state index contributed by atoms with van der Waals surface area (Å²) < 4.78 is 11.3. The summed E-state index contributed by atoms with van der Waals surface area (Å²) >= 11 is 0. The Morgan fingerprint density at radius 1 is 1.02 bits per heavy atom. The highest BCUT2D eigenvalue weighted by Crippen LogP contribution is 2.30. The SMILES string of the molecule is Cc1ccc(Oc2ccc(Nc3ncnc4ccc(C#CC(C)(C)NC(=O)N5CCOCC5)cc34)cc2C)cn1. The highest BCUT2D eigenvalue weighted by molar-refractivity contribution is 5.91. The molecule has 0 spiro atoms. The molecular formula is C31H32N6O3. The van der Waals surface area contributed by atoms with Gasteiger partial charge in [-0.15, -0.1) is 0 Å². The molecule has 40 heavy (non-hydrogen) atoms. The van der Waals surface area contributed by atoms with E-state index in [0.717, 1.165) is 39.2 Å². The molecule has 0 unspecified atom stereocenters. The summed E-state index contributed by atoms with van der Waals surface area (Å²) in [5.74, 6) is 8.52. The van der Waals surface area contributed by atoms with Crippen molar-refractivity contribution in [1.82, 2.24) is 25.2 Å². The molecule has 1 saturated heterocycles. The Kier molecular flexibility index (Phi) is 7.80. The molecule has 0 bridgehead atoms. The molecule has 4 aromatic rings. The average Bonchev–Trinajstić information content (AvgIpc) is 2.95. The molecule has 204 valence electrons. The Labute approximate surface area is 234 Å². The summed E-state index contributed by atoms with van der Waals surface area (Å²) in [5.41, 5.74) is 3.66. The lowest BCUT2D eigenvalue weighted by Crippen LogP contribution is -2.52. The van der Waals surface area contributed by atoms with Gasteiger partial charge < -0.3 is 25.0 Å². The number of nitrogens with zero attached hydrogens (tertiary/aromatic N) is 4. The van der Waals surface area contributed by atoms with Crippen molar-refractivity contribution < 1.29 is 14.3 Å². The number of urea groups is 1. The van der Waals surface area contributed by atoms with Crippen molar-refractivity contribution in [3.63, 3.8) is 0 Å². The zero-order valence-electron chi connectivity index (χ0n) is 23.1. The lowest BCUT2D eigenvalue weighted by Gasteiger charge is -2.30. The first-order valence-corrected chi connectivity index (χ1v) is 13.2. The van der Waals surface area contributed by atoms with Crippen LogP contribution in [0.2, 0.25) is 0 Å². The van der Waals surface area contributed by atoms with Crippen LogP contribution < -0.4 is 15.4 Å². The number of hydrogen-bond donors (Lipinski definition) is 2. The van der Waals surface area contributed by atoms with Crippen LogP contribution in [0.4, 0.5) is 16.3 Å². The van der Waals surface area contributed by atoms with Crippen LogP contribution in [0.1, 0.15) is 30.7 Å². The standard InChI is InChI=1S/C31H32N6O3/c1-21-17-24(7-10-28(21)40-25-8-5-22(2)32-19-25)35-29-26-18-23(6-9-27(26)33-20-34-29)11-12-31(3,4)36-30(38)37-13-15-39-16-14-37/h5-10,17-20H,13-16H2,1-4H3,(H,36,38)(H,33,34,35). The Morgan fingerprint density at radius 3 is 2.60 bits per heavy atom. The van der Waals surface area contributed by atoms with Crippen LogP contribution in [0.5, 0.6) is 11.5 Å². The third-order valence-corrected chi connectivity index (χ3v) is 6.42.